The Hall–Kier alpha value is -2.27. The Morgan fingerprint density at radius 3 is 1.76 bits per heavy atom. The van der Waals surface area contributed by atoms with Crippen LogP contribution in [0.25, 0.3) is 11.0 Å². The van der Waals surface area contributed by atoms with Crippen LogP contribution in [0.2, 0.25) is 0 Å². The molecule has 41 heavy (non-hydrogen) atoms. The Balaban J connectivity index is 1.50. The van der Waals surface area contributed by atoms with Crippen molar-refractivity contribution in [2.75, 3.05) is 0 Å². The Morgan fingerprint density at radius 1 is 0.683 bits per heavy atom. The predicted molar refractivity (Wildman–Crippen MR) is 164 cm³/mol. The van der Waals surface area contributed by atoms with Crippen LogP contribution in [0.3, 0.4) is 0 Å². The number of nitrogens with zero attached hydrogens (tertiary/aromatic N) is 2. The molecule has 0 bridgehead atoms. The fourth-order valence-corrected chi connectivity index (χ4v) is 6.61. The number of hydrogen-bond acceptors (Lipinski definition) is 5. The third-order valence-corrected chi connectivity index (χ3v) is 9.27. The SMILES string of the molecule is CCCCCCCCCCCCCCCCCc1cccc2c1nc(S(=O)(=O)O)n2Cc1cccc(S(=O)(=O)O)c1. The number of unbranched alkanes of at least 4 members (excludes halogenated alkanes) is 14. The lowest BCUT2D eigenvalue weighted by Crippen LogP contribution is -2.11. The highest BCUT2D eigenvalue weighted by atomic mass is 32.2. The summed E-state index contributed by atoms with van der Waals surface area (Å²) in [4.78, 5) is 4.01. The van der Waals surface area contributed by atoms with Crippen LogP contribution in [-0.2, 0) is 33.2 Å². The Labute approximate surface area is 246 Å². The molecule has 0 saturated carbocycles. The summed E-state index contributed by atoms with van der Waals surface area (Å²) in [5.74, 6) is 0. The number of benzene rings is 2. The quantitative estimate of drug-likeness (QED) is 0.0985. The van der Waals surface area contributed by atoms with Crippen LogP contribution >= 0.6 is 0 Å². The van der Waals surface area contributed by atoms with Gasteiger partial charge in [0.2, 0.25) is 0 Å². The molecule has 1 heterocycles. The van der Waals surface area contributed by atoms with E-state index in [1.165, 1.54) is 106 Å². The predicted octanol–water partition coefficient (Wildman–Crippen LogP) is 7.99. The van der Waals surface area contributed by atoms with Crippen molar-refractivity contribution in [2.45, 2.75) is 126 Å². The molecule has 228 valence electrons. The lowest BCUT2D eigenvalue weighted by molar-refractivity contribution is 0.466. The first-order chi connectivity index (χ1) is 19.6. The van der Waals surface area contributed by atoms with Crippen LogP contribution < -0.4 is 0 Å². The molecule has 10 heteroatoms. The lowest BCUT2D eigenvalue weighted by Gasteiger charge is -2.09. The molecule has 0 unspecified atom stereocenters. The monoisotopic (exact) mass is 606 g/mol. The van der Waals surface area contributed by atoms with Crippen molar-refractivity contribution in [1.82, 2.24) is 9.55 Å². The maximum Gasteiger partial charge on any atom is 0.328 e. The van der Waals surface area contributed by atoms with E-state index in [1.54, 1.807) is 12.1 Å². The average Bonchev–Trinajstić information content (AvgIpc) is 3.30. The van der Waals surface area contributed by atoms with Gasteiger partial charge in [0.25, 0.3) is 15.3 Å². The van der Waals surface area contributed by atoms with Gasteiger partial charge in [0.1, 0.15) is 0 Å². The van der Waals surface area contributed by atoms with Crippen LogP contribution in [0, 0.1) is 0 Å². The summed E-state index contributed by atoms with van der Waals surface area (Å²) in [5, 5.41) is -0.492. The Kier molecular flexibility index (Phi) is 13.3. The molecular formula is C31H46N2O6S2. The second kappa shape index (κ2) is 16.4. The molecule has 8 nitrogen and oxygen atoms in total. The van der Waals surface area contributed by atoms with E-state index >= 15 is 0 Å². The smallest absolute Gasteiger partial charge is 0.308 e. The molecule has 3 rings (SSSR count). The number of para-hydroxylation sites is 1. The molecule has 3 aromatic rings. The van der Waals surface area contributed by atoms with Gasteiger partial charge in [-0.3, -0.25) is 9.11 Å². The average molecular weight is 607 g/mol. The van der Waals surface area contributed by atoms with Gasteiger partial charge in [-0.15, -0.1) is 0 Å². The highest BCUT2D eigenvalue weighted by Crippen LogP contribution is 2.26. The highest BCUT2D eigenvalue weighted by molar-refractivity contribution is 7.86. The summed E-state index contributed by atoms with van der Waals surface area (Å²) in [6.07, 6.45) is 20.0. The largest absolute Gasteiger partial charge is 0.328 e. The van der Waals surface area contributed by atoms with E-state index in [0.717, 1.165) is 24.8 Å². The summed E-state index contributed by atoms with van der Waals surface area (Å²) in [6.45, 7) is 2.21. The van der Waals surface area contributed by atoms with Crippen LogP contribution in [0.1, 0.15) is 114 Å². The molecule has 0 aliphatic rings. The summed E-state index contributed by atoms with van der Waals surface area (Å²) >= 11 is 0. The molecule has 0 aliphatic carbocycles. The summed E-state index contributed by atoms with van der Waals surface area (Å²) in [7, 11) is -9.05. The number of aromatic nitrogens is 2. The van der Waals surface area contributed by atoms with E-state index < -0.39 is 25.4 Å². The van der Waals surface area contributed by atoms with E-state index in [-0.39, 0.29) is 11.4 Å². The van der Waals surface area contributed by atoms with E-state index in [4.69, 9.17) is 0 Å². The van der Waals surface area contributed by atoms with Crippen molar-refractivity contribution < 1.29 is 25.9 Å². The van der Waals surface area contributed by atoms with Crippen LogP contribution in [-0.4, -0.2) is 35.5 Å². The lowest BCUT2D eigenvalue weighted by atomic mass is 10.0. The van der Waals surface area contributed by atoms with E-state index in [9.17, 15) is 25.9 Å². The van der Waals surface area contributed by atoms with Crippen molar-refractivity contribution in [1.29, 1.82) is 0 Å². The topological polar surface area (TPSA) is 127 Å². The third kappa shape index (κ3) is 10.8. The summed E-state index contributed by atoms with van der Waals surface area (Å²) in [6, 6.07) is 11.1. The Bertz CT molecular complexity index is 1450. The number of rotatable bonds is 20. The molecule has 0 amide bonds. The van der Waals surface area contributed by atoms with Gasteiger partial charge in [0.05, 0.1) is 22.5 Å². The fraction of sp³-hybridized carbons (Fsp3) is 0.581. The standard InChI is InChI=1S/C31H46N2O6S2/c1-2-3-4-5-6-7-8-9-10-11-12-13-14-15-16-20-27-21-18-23-29-30(27)32-31(41(37,38)39)33(29)25-26-19-17-22-28(24-26)40(34,35)36/h17-19,21-24H,2-16,20,25H2,1H3,(H,34,35,36)(H,37,38,39). The molecule has 1 aromatic heterocycles. The van der Waals surface area contributed by atoms with Gasteiger partial charge in [0.15, 0.2) is 0 Å². The summed E-state index contributed by atoms with van der Waals surface area (Å²) < 4.78 is 68.1. The van der Waals surface area contributed by atoms with E-state index in [1.807, 2.05) is 12.1 Å². The molecule has 2 N–H and O–H groups in total. The van der Waals surface area contributed by atoms with E-state index in [2.05, 4.69) is 11.9 Å². The summed E-state index contributed by atoms with van der Waals surface area (Å²) in [5.41, 5.74) is 2.40. The number of aryl methyl sites for hydroxylation is 1. The van der Waals surface area contributed by atoms with Gasteiger partial charge >= 0.3 is 10.1 Å². The first-order valence-electron chi connectivity index (χ1n) is 15.1. The Morgan fingerprint density at radius 2 is 1.22 bits per heavy atom. The number of imidazole rings is 1. The number of hydrogen-bond donors (Lipinski definition) is 2. The van der Waals surface area contributed by atoms with Crippen LogP contribution in [0.5, 0.6) is 0 Å². The van der Waals surface area contributed by atoms with Crippen LogP contribution in [0.4, 0.5) is 0 Å². The molecule has 0 atom stereocenters. The minimum absolute atomic E-state index is 0.0443. The van der Waals surface area contributed by atoms with Gasteiger partial charge in [-0.25, -0.2) is 4.98 Å². The second-order valence-electron chi connectivity index (χ2n) is 11.1. The van der Waals surface area contributed by atoms with Crippen molar-refractivity contribution in [3.8, 4) is 0 Å². The molecular weight excluding hydrogens is 560 g/mol. The number of fused-ring (bicyclic) bond motifs is 1. The van der Waals surface area contributed by atoms with Crippen molar-refractivity contribution >= 4 is 31.3 Å². The first-order valence-corrected chi connectivity index (χ1v) is 18.0. The first kappa shape index (κ1) is 33.2. The normalized spacial score (nSPS) is 12.4. The molecule has 0 aliphatic heterocycles. The molecule has 2 aromatic carbocycles. The van der Waals surface area contributed by atoms with Gasteiger partial charge in [0, 0.05) is 0 Å². The van der Waals surface area contributed by atoms with Gasteiger partial charge in [-0.1, -0.05) is 121 Å². The molecule has 0 spiro atoms. The fourth-order valence-electron chi connectivity index (χ4n) is 5.41. The zero-order valence-corrected chi connectivity index (χ0v) is 25.9. The van der Waals surface area contributed by atoms with Gasteiger partial charge in [-0.2, -0.15) is 16.8 Å². The zero-order valence-electron chi connectivity index (χ0n) is 24.3. The highest BCUT2D eigenvalue weighted by Gasteiger charge is 2.23. The second-order valence-corrected chi connectivity index (χ2v) is 13.8. The minimum atomic E-state index is -4.64. The van der Waals surface area contributed by atoms with Crippen molar-refractivity contribution in [3.63, 3.8) is 0 Å². The zero-order chi connectivity index (χ0) is 29.7. The third-order valence-electron chi connectivity index (χ3n) is 7.64. The molecule has 0 saturated heterocycles. The van der Waals surface area contributed by atoms with Crippen molar-refractivity contribution in [3.05, 3.63) is 53.6 Å². The van der Waals surface area contributed by atoms with Crippen molar-refractivity contribution in [2.24, 2.45) is 0 Å². The van der Waals surface area contributed by atoms with Crippen LogP contribution in [0.15, 0.2) is 52.5 Å². The minimum Gasteiger partial charge on any atom is -0.308 e. The molecule has 0 radical (unpaired) electrons. The maximum absolute atomic E-state index is 12.2. The van der Waals surface area contributed by atoms with Gasteiger partial charge in [-0.05, 0) is 42.2 Å². The van der Waals surface area contributed by atoms with E-state index in [0.29, 0.717) is 16.6 Å². The molecule has 0 fully saturated rings. The van der Waals surface area contributed by atoms with Gasteiger partial charge < -0.3 is 4.57 Å². The maximum atomic E-state index is 12.2.